The summed E-state index contributed by atoms with van der Waals surface area (Å²) in [5.41, 5.74) is 0.572. The first-order valence-electron chi connectivity index (χ1n) is 8.33. The van der Waals surface area contributed by atoms with Crippen molar-refractivity contribution in [3.05, 3.63) is 30.1 Å². The van der Waals surface area contributed by atoms with Crippen LogP contribution in [0.3, 0.4) is 0 Å². The summed E-state index contributed by atoms with van der Waals surface area (Å²) >= 11 is 0. The van der Waals surface area contributed by atoms with E-state index in [1.807, 2.05) is 4.90 Å². The van der Waals surface area contributed by atoms with Crippen LogP contribution in [-0.2, 0) is 14.3 Å². The van der Waals surface area contributed by atoms with Crippen molar-refractivity contribution >= 4 is 17.5 Å². The molecular formula is C17H25FN4O3. The molecular weight excluding hydrogens is 327 g/mol. The molecule has 1 aliphatic rings. The minimum Gasteiger partial charge on any atom is -0.383 e. The van der Waals surface area contributed by atoms with Crippen LogP contribution in [0.1, 0.15) is 0 Å². The second-order valence-electron chi connectivity index (χ2n) is 5.88. The van der Waals surface area contributed by atoms with Crippen LogP contribution < -0.4 is 10.6 Å². The van der Waals surface area contributed by atoms with E-state index in [1.54, 1.807) is 12.0 Å². The van der Waals surface area contributed by atoms with Crippen LogP contribution in [0.4, 0.5) is 10.1 Å². The second kappa shape index (κ2) is 10.1. The smallest absolute Gasteiger partial charge is 0.238 e. The van der Waals surface area contributed by atoms with Crippen molar-refractivity contribution < 1.29 is 18.7 Å². The van der Waals surface area contributed by atoms with Crippen LogP contribution in [0.5, 0.6) is 0 Å². The summed E-state index contributed by atoms with van der Waals surface area (Å²) in [6.07, 6.45) is 0. The monoisotopic (exact) mass is 352 g/mol. The summed E-state index contributed by atoms with van der Waals surface area (Å²) < 4.78 is 17.8. The van der Waals surface area contributed by atoms with Crippen LogP contribution in [0.2, 0.25) is 0 Å². The molecule has 0 spiro atoms. The number of nitrogens with zero attached hydrogens (tertiary/aromatic N) is 2. The fraction of sp³-hybridized carbons (Fsp3) is 0.529. The summed E-state index contributed by atoms with van der Waals surface area (Å²) in [6, 6.07) is 5.67. The molecule has 0 atom stereocenters. The highest BCUT2D eigenvalue weighted by molar-refractivity contribution is 5.92. The largest absolute Gasteiger partial charge is 0.383 e. The van der Waals surface area contributed by atoms with E-state index in [4.69, 9.17) is 4.74 Å². The molecule has 2 rings (SSSR count). The topological polar surface area (TPSA) is 73.9 Å². The lowest BCUT2D eigenvalue weighted by Gasteiger charge is -2.34. The maximum atomic E-state index is 12.9. The number of halogens is 1. The van der Waals surface area contributed by atoms with Crippen LogP contribution >= 0.6 is 0 Å². The first-order valence-corrected chi connectivity index (χ1v) is 8.33. The number of rotatable bonds is 8. The third kappa shape index (κ3) is 6.77. The van der Waals surface area contributed by atoms with E-state index in [-0.39, 0.29) is 24.2 Å². The molecule has 25 heavy (non-hydrogen) atoms. The number of piperazine rings is 1. The molecule has 0 radical (unpaired) electrons. The maximum absolute atomic E-state index is 12.9. The number of hydrogen-bond donors (Lipinski definition) is 2. The number of ether oxygens (including phenoxy) is 1. The molecule has 2 N–H and O–H groups in total. The van der Waals surface area contributed by atoms with Crippen molar-refractivity contribution in [2.24, 2.45) is 0 Å². The summed E-state index contributed by atoms with van der Waals surface area (Å²) in [4.78, 5) is 27.9. The third-order valence-corrected chi connectivity index (χ3v) is 3.98. The molecule has 1 heterocycles. The van der Waals surface area contributed by atoms with Gasteiger partial charge in [0.1, 0.15) is 5.82 Å². The predicted molar refractivity (Wildman–Crippen MR) is 92.8 cm³/mol. The van der Waals surface area contributed by atoms with Gasteiger partial charge in [0, 0.05) is 45.5 Å². The molecule has 8 heteroatoms. The van der Waals surface area contributed by atoms with Gasteiger partial charge < -0.3 is 20.3 Å². The standard InChI is InChI=1S/C17H25FN4O3/c1-25-11-6-19-12-17(24)22-9-7-21(8-10-22)13-16(23)20-15-4-2-14(18)3-5-15/h2-5,19H,6-13H2,1H3,(H,20,23). The summed E-state index contributed by atoms with van der Waals surface area (Å²) in [5.74, 6) is -0.422. The Morgan fingerprint density at radius 1 is 1.16 bits per heavy atom. The average Bonchev–Trinajstić information content (AvgIpc) is 2.61. The van der Waals surface area contributed by atoms with E-state index in [1.165, 1.54) is 24.3 Å². The van der Waals surface area contributed by atoms with Crippen LogP contribution in [0, 0.1) is 5.82 Å². The van der Waals surface area contributed by atoms with Gasteiger partial charge in [-0.25, -0.2) is 4.39 Å². The summed E-state index contributed by atoms with van der Waals surface area (Å²) in [7, 11) is 1.62. The number of anilines is 1. The zero-order valence-electron chi connectivity index (χ0n) is 14.5. The predicted octanol–water partition coefficient (Wildman–Crippen LogP) is 0.144. The SMILES string of the molecule is COCCNCC(=O)N1CCN(CC(=O)Nc2ccc(F)cc2)CC1. The maximum Gasteiger partial charge on any atom is 0.238 e. The van der Waals surface area contributed by atoms with E-state index in [9.17, 15) is 14.0 Å². The number of carbonyl (C=O) groups is 2. The number of amides is 2. The van der Waals surface area contributed by atoms with Crippen molar-refractivity contribution in [2.45, 2.75) is 0 Å². The van der Waals surface area contributed by atoms with E-state index in [0.29, 0.717) is 51.6 Å². The quantitative estimate of drug-likeness (QED) is 0.652. The van der Waals surface area contributed by atoms with Crippen LogP contribution in [-0.4, -0.2) is 81.1 Å². The van der Waals surface area contributed by atoms with Gasteiger partial charge in [-0.3, -0.25) is 14.5 Å². The zero-order valence-corrected chi connectivity index (χ0v) is 14.5. The van der Waals surface area contributed by atoms with Crippen LogP contribution in [0.25, 0.3) is 0 Å². The number of benzene rings is 1. The number of carbonyl (C=O) groups excluding carboxylic acids is 2. The van der Waals surface area contributed by atoms with Gasteiger partial charge in [-0.2, -0.15) is 0 Å². The number of nitrogens with one attached hydrogen (secondary N) is 2. The van der Waals surface area contributed by atoms with Crippen molar-refractivity contribution in [1.29, 1.82) is 0 Å². The van der Waals surface area contributed by atoms with E-state index in [2.05, 4.69) is 10.6 Å². The minimum absolute atomic E-state index is 0.0616. The normalized spacial score (nSPS) is 15.2. The Labute approximate surface area is 147 Å². The van der Waals surface area contributed by atoms with Gasteiger partial charge in [0.05, 0.1) is 19.7 Å². The lowest BCUT2D eigenvalue weighted by Crippen LogP contribution is -2.52. The highest BCUT2D eigenvalue weighted by atomic mass is 19.1. The Bertz CT molecular complexity index is 560. The lowest BCUT2D eigenvalue weighted by atomic mass is 10.3. The lowest BCUT2D eigenvalue weighted by molar-refractivity contribution is -0.132. The first kappa shape index (κ1) is 19.3. The fourth-order valence-electron chi connectivity index (χ4n) is 2.57. The van der Waals surface area contributed by atoms with Crippen molar-refractivity contribution in [2.75, 3.05) is 64.8 Å². The zero-order chi connectivity index (χ0) is 18.1. The minimum atomic E-state index is -0.338. The molecule has 0 saturated carbocycles. The second-order valence-corrected chi connectivity index (χ2v) is 5.88. The molecule has 1 aliphatic heterocycles. The molecule has 1 saturated heterocycles. The molecule has 1 fully saturated rings. The van der Waals surface area contributed by atoms with Gasteiger partial charge in [-0.05, 0) is 24.3 Å². The molecule has 0 aromatic heterocycles. The van der Waals surface area contributed by atoms with Crippen molar-refractivity contribution in [1.82, 2.24) is 15.1 Å². The van der Waals surface area contributed by atoms with Crippen molar-refractivity contribution in [3.8, 4) is 0 Å². The number of hydrogen-bond acceptors (Lipinski definition) is 5. The fourth-order valence-corrected chi connectivity index (χ4v) is 2.57. The molecule has 2 amide bonds. The van der Waals surface area contributed by atoms with E-state index < -0.39 is 0 Å². The highest BCUT2D eigenvalue weighted by Crippen LogP contribution is 2.09. The van der Waals surface area contributed by atoms with Gasteiger partial charge in [0.25, 0.3) is 0 Å². The van der Waals surface area contributed by atoms with Gasteiger partial charge in [-0.15, -0.1) is 0 Å². The Balaban J connectivity index is 1.66. The summed E-state index contributed by atoms with van der Waals surface area (Å²) in [6.45, 7) is 4.29. The third-order valence-electron chi connectivity index (χ3n) is 3.98. The van der Waals surface area contributed by atoms with Gasteiger partial charge in [-0.1, -0.05) is 0 Å². The highest BCUT2D eigenvalue weighted by Gasteiger charge is 2.22. The van der Waals surface area contributed by atoms with Crippen molar-refractivity contribution in [3.63, 3.8) is 0 Å². The Morgan fingerprint density at radius 3 is 2.48 bits per heavy atom. The molecule has 1 aromatic rings. The average molecular weight is 352 g/mol. The van der Waals surface area contributed by atoms with Gasteiger partial charge in [0.15, 0.2) is 0 Å². The Kier molecular flexibility index (Phi) is 7.77. The molecule has 1 aromatic carbocycles. The summed E-state index contributed by atoms with van der Waals surface area (Å²) in [5, 5.41) is 5.78. The van der Waals surface area contributed by atoms with Gasteiger partial charge >= 0.3 is 0 Å². The molecule has 7 nitrogen and oxygen atoms in total. The first-order chi connectivity index (χ1) is 12.1. The molecule has 0 bridgehead atoms. The van der Waals surface area contributed by atoms with E-state index in [0.717, 1.165) is 0 Å². The van der Waals surface area contributed by atoms with Crippen LogP contribution in [0.15, 0.2) is 24.3 Å². The molecule has 138 valence electrons. The van der Waals surface area contributed by atoms with Gasteiger partial charge in [0.2, 0.25) is 11.8 Å². The Hall–Kier alpha value is -2.03. The van der Waals surface area contributed by atoms with E-state index >= 15 is 0 Å². The molecule has 0 aliphatic carbocycles. The molecule has 0 unspecified atom stereocenters. The number of methoxy groups -OCH3 is 1. The Morgan fingerprint density at radius 2 is 1.84 bits per heavy atom.